The largest absolute Gasteiger partial charge is 0.127 e. The lowest BCUT2D eigenvalue weighted by Gasteiger charge is -2.24. The van der Waals surface area contributed by atoms with Crippen LogP contribution in [0.25, 0.3) is 9.75 Å². The Balaban J connectivity index is 1.73. The van der Waals surface area contributed by atoms with Crippen LogP contribution in [0.2, 0.25) is 0 Å². The zero-order valence-corrected chi connectivity index (χ0v) is 18.8. The second-order valence-electron chi connectivity index (χ2n) is 7.34. The van der Waals surface area contributed by atoms with Gasteiger partial charge in [0, 0.05) is 9.75 Å². The van der Waals surface area contributed by atoms with Crippen LogP contribution in [0.3, 0.4) is 0 Å². The molecule has 0 bridgehead atoms. The van der Waals surface area contributed by atoms with Crippen LogP contribution in [-0.4, -0.2) is 0 Å². The van der Waals surface area contributed by atoms with Crippen LogP contribution >= 0.6 is 54.5 Å². The molecule has 0 spiro atoms. The molecule has 4 rings (SSSR count). The second kappa shape index (κ2) is 7.94. The summed E-state index contributed by atoms with van der Waals surface area (Å²) in [5.41, 5.74) is 3.25. The highest BCUT2D eigenvalue weighted by Gasteiger charge is 2.27. The quantitative estimate of drug-likeness (QED) is 0.404. The van der Waals surface area contributed by atoms with E-state index < -0.39 is 0 Å². The Bertz CT molecular complexity index is 628. The standard InChI is InChI=1S/C20H24Br2S2/c21-17-11-15(13-7-3-1-4-8-13)19(23-17)20-16(12-18(22)24-20)14-9-5-2-6-10-14/h11-14H,1-10H2. The average molecular weight is 488 g/mol. The van der Waals surface area contributed by atoms with E-state index in [-0.39, 0.29) is 0 Å². The van der Waals surface area contributed by atoms with Crippen molar-refractivity contribution in [2.45, 2.75) is 76.0 Å². The molecule has 24 heavy (non-hydrogen) atoms. The Hall–Kier alpha value is 0.360. The van der Waals surface area contributed by atoms with E-state index in [1.165, 1.54) is 71.8 Å². The van der Waals surface area contributed by atoms with Crippen molar-refractivity contribution in [1.29, 1.82) is 0 Å². The van der Waals surface area contributed by atoms with Gasteiger partial charge in [-0.05, 0) is 92.6 Å². The smallest absolute Gasteiger partial charge is 0.0708 e. The van der Waals surface area contributed by atoms with E-state index in [1.807, 2.05) is 22.7 Å². The lowest BCUT2D eigenvalue weighted by molar-refractivity contribution is 0.443. The maximum Gasteiger partial charge on any atom is 0.0708 e. The molecule has 130 valence electrons. The van der Waals surface area contributed by atoms with Gasteiger partial charge >= 0.3 is 0 Å². The number of thiophene rings is 2. The monoisotopic (exact) mass is 486 g/mol. The van der Waals surface area contributed by atoms with Crippen LogP contribution in [-0.2, 0) is 0 Å². The summed E-state index contributed by atoms with van der Waals surface area (Å²) >= 11 is 11.5. The summed E-state index contributed by atoms with van der Waals surface area (Å²) in [7, 11) is 0. The average Bonchev–Trinajstić information content (AvgIpc) is 3.19. The zero-order valence-electron chi connectivity index (χ0n) is 14.0. The fourth-order valence-corrected chi connectivity index (χ4v) is 8.12. The van der Waals surface area contributed by atoms with E-state index in [9.17, 15) is 0 Å². The van der Waals surface area contributed by atoms with Gasteiger partial charge in [-0.1, -0.05) is 38.5 Å². The Labute approximate surface area is 170 Å². The minimum Gasteiger partial charge on any atom is -0.127 e. The molecular weight excluding hydrogens is 464 g/mol. The first kappa shape index (κ1) is 17.8. The minimum atomic E-state index is 0.774. The number of rotatable bonds is 3. The molecule has 0 aromatic carbocycles. The topological polar surface area (TPSA) is 0 Å². The molecule has 0 atom stereocenters. The summed E-state index contributed by atoms with van der Waals surface area (Å²) in [4.78, 5) is 3.12. The van der Waals surface area contributed by atoms with E-state index in [0.717, 1.165) is 11.8 Å². The van der Waals surface area contributed by atoms with Gasteiger partial charge in [0.15, 0.2) is 0 Å². The highest BCUT2D eigenvalue weighted by Crippen LogP contribution is 2.51. The van der Waals surface area contributed by atoms with E-state index in [4.69, 9.17) is 0 Å². The van der Waals surface area contributed by atoms with Crippen LogP contribution < -0.4 is 0 Å². The maximum absolute atomic E-state index is 3.79. The molecule has 0 radical (unpaired) electrons. The Morgan fingerprint density at radius 1 is 0.625 bits per heavy atom. The first-order chi connectivity index (χ1) is 11.7. The fourth-order valence-electron chi connectivity index (χ4n) is 4.54. The molecule has 2 aliphatic rings. The van der Waals surface area contributed by atoms with Crippen LogP contribution in [0, 0.1) is 0 Å². The van der Waals surface area contributed by atoms with Crippen LogP contribution in [0.4, 0.5) is 0 Å². The van der Waals surface area contributed by atoms with Crippen molar-refractivity contribution < 1.29 is 0 Å². The molecule has 2 saturated carbocycles. The Morgan fingerprint density at radius 3 is 1.38 bits per heavy atom. The summed E-state index contributed by atoms with van der Waals surface area (Å²) in [6.07, 6.45) is 14.0. The normalized spacial score (nSPS) is 20.6. The first-order valence-corrected chi connectivity index (χ1v) is 12.5. The third-order valence-corrected chi connectivity index (χ3v) is 9.23. The molecule has 2 heterocycles. The lowest BCUT2D eigenvalue weighted by Crippen LogP contribution is -2.06. The van der Waals surface area contributed by atoms with Gasteiger partial charge in [0.1, 0.15) is 0 Å². The summed E-state index contributed by atoms with van der Waals surface area (Å²) in [6, 6.07) is 4.85. The third-order valence-electron chi connectivity index (χ3n) is 5.76. The number of hydrogen-bond donors (Lipinski definition) is 0. The molecule has 0 aliphatic heterocycles. The van der Waals surface area contributed by atoms with E-state index in [0.29, 0.717) is 0 Å². The van der Waals surface area contributed by atoms with Crippen molar-refractivity contribution >= 4 is 54.5 Å². The third kappa shape index (κ3) is 3.72. The highest BCUT2D eigenvalue weighted by molar-refractivity contribution is 9.11. The van der Waals surface area contributed by atoms with Crippen molar-refractivity contribution in [3.8, 4) is 9.75 Å². The minimum absolute atomic E-state index is 0.774. The van der Waals surface area contributed by atoms with Gasteiger partial charge in [0.25, 0.3) is 0 Å². The van der Waals surface area contributed by atoms with Gasteiger partial charge in [0.05, 0.1) is 7.57 Å². The molecule has 0 unspecified atom stereocenters. The molecule has 0 N–H and O–H groups in total. The van der Waals surface area contributed by atoms with Gasteiger partial charge in [-0.3, -0.25) is 0 Å². The van der Waals surface area contributed by atoms with Crippen LogP contribution in [0.5, 0.6) is 0 Å². The van der Waals surface area contributed by atoms with Gasteiger partial charge in [-0.15, -0.1) is 22.7 Å². The molecule has 2 fully saturated rings. The first-order valence-electron chi connectivity index (χ1n) is 9.31. The van der Waals surface area contributed by atoms with Gasteiger partial charge < -0.3 is 0 Å². The molecule has 2 aromatic rings. The number of halogens is 2. The second-order valence-corrected chi connectivity index (χ2v) is 12.2. The van der Waals surface area contributed by atoms with Gasteiger partial charge in [-0.2, -0.15) is 0 Å². The molecule has 4 heteroatoms. The maximum atomic E-state index is 3.79. The Morgan fingerprint density at radius 2 is 1.00 bits per heavy atom. The van der Waals surface area contributed by atoms with E-state index in [2.05, 4.69) is 44.0 Å². The summed E-state index contributed by atoms with van der Waals surface area (Å²) in [6.45, 7) is 0. The predicted molar refractivity (Wildman–Crippen MR) is 115 cm³/mol. The summed E-state index contributed by atoms with van der Waals surface area (Å²) in [5, 5.41) is 0. The van der Waals surface area contributed by atoms with Crippen LogP contribution in [0.1, 0.15) is 87.2 Å². The zero-order chi connectivity index (χ0) is 16.5. The van der Waals surface area contributed by atoms with Crippen LogP contribution in [0.15, 0.2) is 19.7 Å². The Kier molecular flexibility index (Phi) is 5.87. The van der Waals surface area contributed by atoms with Crippen molar-refractivity contribution in [1.82, 2.24) is 0 Å². The van der Waals surface area contributed by atoms with Crippen molar-refractivity contribution in [3.05, 3.63) is 30.8 Å². The lowest BCUT2D eigenvalue weighted by atomic mass is 9.82. The van der Waals surface area contributed by atoms with Gasteiger partial charge in [0.2, 0.25) is 0 Å². The predicted octanol–water partition coefficient (Wildman–Crippen LogP) is 9.10. The fraction of sp³-hybridized carbons (Fsp3) is 0.600. The highest BCUT2D eigenvalue weighted by atomic mass is 79.9. The molecule has 0 saturated heterocycles. The molecule has 0 nitrogen and oxygen atoms in total. The molecular formula is C20H24Br2S2. The van der Waals surface area contributed by atoms with E-state index >= 15 is 0 Å². The summed E-state index contributed by atoms with van der Waals surface area (Å²) < 4.78 is 2.61. The number of hydrogen-bond acceptors (Lipinski definition) is 2. The SMILES string of the molecule is Brc1cc(C2CCCCC2)c(-c2sc(Br)cc2C2CCCCC2)s1. The van der Waals surface area contributed by atoms with Crippen molar-refractivity contribution in [2.75, 3.05) is 0 Å². The van der Waals surface area contributed by atoms with Crippen molar-refractivity contribution in [2.24, 2.45) is 0 Å². The molecule has 0 amide bonds. The molecule has 2 aromatic heterocycles. The van der Waals surface area contributed by atoms with Gasteiger partial charge in [-0.25, -0.2) is 0 Å². The van der Waals surface area contributed by atoms with Crippen molar-refractivity contribution in [3.63, 3.8) is 0 Å². The summed E-state index contributed by atoms with van der Waals surface area (Å²) in [5.74, 6) is 1.55. The molecule has 2 aliphatic carbocycles. The van der Waals surface area contributed by atoms with E-state index in [1.54, 1.807) is 20.9 Å².